The number of benzene rings is 2. The fourth-order valence-electron chi connectivity index (χ4n) is 6.55. The lowest BCUT2D eigenvalue weighted by Crippen LogP contribution is -2.42. The number of fused-ring (bicyclic) bond motifs is 2. The molecule has 230 valence electrons. The van der Waals surface area contributed by atoms with Gasteiger partial charge in [-0.2, -0.15) is 9.97 Å². The number of likely N-dealkylation sites (tertiary alicyclic amines) is 1. The third kappa shape index (κ3) is 6.34. The number of amides is 1. The molecule has 0 spiro atoms. The van der Waals surface area contributed by atoms with Gasteiger partial charge in [-0.1, -0.05) is 35.9 Å². The maximum absolute atomic E-state index is 12.8. The van der Waals surface area contributed by atoms with Crippen molar-refractivity contribution in [2.24, 2.45) is 0 Å². The molecule has 9 nitrogen and oxygen atoms in total. The summed E-state index contributed by atoms with van der Waals surface area (Å²) in [6, 6.07) is 13.2. The molecule has 2 atom stereocenters. The van der Waals surface area contributed by atoms with Gasteiger partial charge in [0.2, 0.25) is 0 Å². The zero-order chi connectivity index (χ0) is 30.3. The summed E-state index contributed by atoms with van der Waals surface area (Å²) in [5.41, 5.74) is 2.73. The maximum atomic E-state index is 12.8. The van der Waals surface area contributed by atoms with Gasteiger partial charge >= 0.3 is 12.1 Å². The molecule has 2 aromatic carbocycles. The summed E-state index contributed by atoms with van der Waals surface area (Å²) >= 11 is 6.71. The summed E-state index contributed by atoms with van der Waals surface area (Å²) in [5, 5.41) is 2.95. The third-order valence-corrected chi connectivity index (χ3v) is 9.28. The summed E-state index contributed by atoms with van der Waals surface area (Å²) in [6.45, 7) is 10.3. The molecule has 1 amide bonds. The van der Waals surface area contributed by atoms with Crippen LogP contribution >= 0.6 is 11.6 Å². The lowest BCUT2D eigenvalue weighted by Gasteiger charge is -2.34. The Kier molecular flexibility index (Phi) is 8.31. The van der Waals surface area contributed by atoms with Crippen LogP contribution < -0.4 is 14.5 Å². The first kappa shape index (κ1) is 29.8. The highest BCUT2D eigenvalue weighted by Gasteiger charge is 2.35. The third-order valence-electron chi connectivity index (χ3n) is 8.96. The second kappa shape index (κ2) is 12.0. The number of nitrogens with zero attached hydrogens (tertiary/aromatic N) is 6. The van der Waals surface area contributed by atoms with E-state index < -0.39 is 5.60 Å². The van der Waals surface area contributed by atoms with Gasteiger partial charge in [0.05, 0.1) is 23.3 Å². The number of hydrogen-bond donors (Lipinski definition) is 0. The Bertz CT molecular complexity index is 1490. The first-order valence-electron chi connectivity index (χ1n) is 15.4. The van der Waals surface area contributed by atoms with Crippen molar-refractivity contribution in [2.75, 3.05) is 56.7 Å². The summed E-state index contributed by atoms with van der Waals surface area (Å²) in [4.78, 5) is 31.6. The van der Waals surface area contributed by atoms with Gasteiger partial charge in [-0.05, 0) is 77.6 Å². The van der Waals surface area contributed by atoms with E-state index in [0.29, 0.717) is 31.7 Å². The van der Waals surface area contributed by atoms with Gasteiger partial charge in [0, 0.05) is 49.4 Å². The number of anilines is 2. The Labute approximate surface area is 259 Å². The van der Waals surface area contributed by atoms with Crippen LogP contribution in [0.3, 0.4) is 0 Å². The van der Waals surface area contributed by atoms with Gasteiger partial charge in [-0.15, -0.1) is 0 Å². The number of likely N-dealkylation sites (N-methyl/N-ethyl adjacent to an activating group) is 2. The van der Waals surface area contributed by atoms with Gasteiger partial charge in [0.1, 0.15) is 18.0 Å². The zero-order valence-corrected chi connectivity index (χ0v) is 26.7. The lowest BCUT2D eigenvalue weighted by molar-refractivity contribution is 0.0238. The van der Waals surface area contributed by atoms with E-state index in [1.165, 1.54) is 6.42 Å². The number of carbonyl (C=O) groups excluding carboxylic acids is 1. The molecule has 1 aromatic heterocycles. The fourth-order valence-corrected chi connectivity index (χ4v) is 6.83. The Morgan fingerprint density at radius 1 is 1.07 bits per heavy atom. The molecule has 10 heteroatoms. The minimum Gasteiger partial charge on any atom is -0.462 e. The number of ether oxygens (including phenoxy) is 2. The van der Waals surface area contributed by atoms with E-state index in [-0.39, 0.29) is 12.1 Å². The minimum atomic E-state index is -0.533. The van der Waals surface area contributed by atoms with Crippen molar-refractivity contribution in [1.82, 2.24) is 19.8 Å². The van der Waals surface area contributed by atoms with E-state index in [1.54, 1.807) is 4.90 Å². The van der Waals surface area contributed by atoms with Gasteiger partial charge in [0.25, 0.3) is 0 Å². The molecule has 6 rings (SSSR count). The lowest BCUT2D eigenvalue weighted by atomic mass is 10.0. The Morgan fingerprint density at radius 2 is 1.86 bits per heavy atom. The summed E-state index contributed by atoms with van der Waals surface area (Å²) in [7, 11) is 3.98. The standard InChI is InChI=1S/C33H43ClN6O3/c1-33(2,3)43-32(41)38(5)23-14-17-40(19-23)30-25-15-18-39(28-13-7-10-22-9-6-12-26(34)29(22)28)20-27(25)35-31(36-30)42-21-24-11-8-16-37(24)4/h6-7,9-10,12-13,23-24H,8,11,14-21H2,1-5H3/t23?,24-/m0/s1. The molecule has 2 fully saturated rings. The van der Waals surface area contributed by atoms with Crippen molar-refractivity contribution in [3.05, 3.63) is 52.7 Å². The van der Waals surface area contributed by atoms with Gasteiger partial charge < -0.3 is 29.1 Å². The molecule has 3 aromatic rings. The van der Waals surface area contributed by atoms with Crippen LogP contribution in [0.1, 0.15) is 51.3 Å². The SMILES string of the molecule is CN(C(=O)OC(C)(C)C)C1CCN(c2nc(OC[C@@H]3CCCN3C)nc3c2CCN(c2cccc4cccc(Cl)c24)C3)C1. The highest BCUT2D eigenvalue weighted by atomic mass is 35.5. The molecular formula is C33H43ClN6O3. The van der Waals surface area contributed by atoms with Crippen molar-refractivity contribution in [2.45, 2.75) is 70.7 Å². The number of aromatic nitrogens is 2. The van der Waals surface area contributed by atoms with Crippen molar-refractivity contribution in [3.8, 4) is 6.01 Å². The molecule has 2 saturated heterocycles. The van der Waals surface area contributed by atoms with Crippen LogP contribution in [0.4, 0.5) is 16.3 Å². The van der Waals surface area contributed by atoms with Crippen molar-refractivity contribution in [1.29, 1.82) is 0 Å². The number of hydrogen-bond acceptors (Lipinski definition) is 8. The molecular weight excluding hydrogens is 564 g/mol. The first-order valence-corrected chi connectivity index (χ1v) is 15.8. The van der Waals surface area contributed by atoms with Crippen LogP contribution in [0, 0.1) is 0 Å². The molecule has 0 saturated carbocycles. The first-order chi connectivity index (χ1) is 20.6. The number of carbonyl (C=O) groups is 1. The fraction of sp³-hybridized carbons (Fsp3) is 0.545. The molecule has 0 bridgehead atoms. The smallest absolute Gasteiger partial charge is 0.410 e. The normalized spacial score (nSPS) is 20.9. The average Bonchev–Trinajstić information content (AvgIpc) is 3.63. The summed E-state index contributed by atoms with van der Waals surface area (Å²) in [5.74, 6) is 0.926. The molecule has 0 radical (unpaired) electrons. The predicted octanol–water partition coefficient (Wildman–Crippen LogP) is 5.76. The van der Waals surface area contributed by atoms with Crippen LogP contribution in [-0.4, -0.2) is 90.4 Å². The molecule has 3 aliphatic heterocycles. The molecule has 0 N–H and O–H groups in total. The predicted molar refractivity (Wildman–Crippen MR) is 172 cm³/mol. The number of rotatable bonds is 6. The van der Waals surface area contributed by atoms with Crippen LogP contribution in [0.5, 0.6) is 6.01 Å². The van der Waals surface area contributed by atoms with Crippen molar-refractivity contribution < 1.29 is 14.3 Å². The second-order valence-corrected chi connectivity index (χ2v) is 13.5. The maximum Gasteiger partial charge on any atom is 0.410 e. The summed E-state index contributed by atoms with van der Waals surface area (Å²) in [6.07, 6.45) is 3.66. The second-order valence-electron chi connectivity index (χ2n) is 13.1. The van der Waals surface area contributed by atoms with Gasteiger partial charge in [-0.25, -0.2) is 4.79 Å². The van der Waals surface area contributed by atoms with E-state index in [2.05, 4.69) is 46.0 Å². The summed E-state index contributed by atoms with van der Waals surface area (Å²) < 4.78 is 12.0. The molecule has 1 unspecified atom stereocenters. The van der Waals surface area contributed by atoms with Crippen LogP contribution in [-0.2, 0) is 17.7 Å². The molecule has 3 aliphatic rings. The highest BCUT2D eigenvalue weighted by Crippen LogP contribution is 2.37. The number of halogens is 1. The Morgan fingerprint density at radius 3 is 2.60 bits per heavy atom. The average molecular weight is 607 g/mol. The van der Waals surface area contributed by atoms with E-state index in [1.807, 2.05) is 40.0 Å². The minimum absolute atomic E-state index is 0.0369. The Hall–Kier alpha value is -3.30. The molecule has 4 heterocycles. The van der Waals surface area contributed by atoms with E-state index in [0.717, 1.165) is 77.5 Å². The Balaban J connectivity index is 1.28. The van der Waals surface area contributed by atoms with Crippen LogP contribution in [0.2, 0.25) is 5.02 Å². The van der Waals surface area contributed by atoms with Gasteiger partial charge in [0.15, 0.2) is 0 Å². The van der Waals surface area contributed by atoms with Crippen molar-refractivity contribution >= 4 is 40.0 Å². The highest BCUT2D eigenvalue weighted by molar-refractivity contribution is 6.36. The zero-order valence-electron chi connectivity index (χ0n) is 26.0. The van der Waals surface area contributed by atoms with E-state index in [4.69, 9.17) is 31.0 Å². The quantitative estimate of drug-likeness (QED) is 0.350. The van der Waals surface area contributed by atoms with Crippen LogP contribution in [0.25, 0.3) is 10.8 Å². The van der Waals surface area contributed by atoms with Crippen molar-refractivity contribution in [3.63, 3.8) is 0 Å². The van der Waals surface area contributed by atoms with Gasteiger partial charge in [-0.3, -0.25) is 0 Å². The largest absolute Gasteiger partial charge is 0.462 e. The van der Waals surface area contributed by atoms with Crippen LogP contribution in [0.15, 0.2) is 36.4 Å². The monoisotopic (exact) mass is 606 g/mol. The van der Waals surface area contributed by atoms with E-state index in [9.17, 15) is 4.79 Å². The topological polar surface area (TPSA) is 74.3 Å². The molecule has 0 aliphatic carbocycles. The molecule has 43 heavy (non-hydrogen) atoms. The van der Waals surface area contributed by atoms with E-state index >= 15 is 0 Å².